The molecular formula is C17H20O8. The summed E-state index contributed by atoms with van der Waals surface area (Å²) in [6.45, 7) is 3.99. The normalized spacial score (nSPS) is 28.7. The quantitative estimate of drug-likeness (QED) is 0.614. The van der Waals surface area contributed by atoms with Gasteiger partial charge in [-0.2, -0.15) is 0 Å². The maximum absolute atomic E-state index is 11.4. The van der Waals surface area contributed by atoms with Gasteiger partial charge in [-0.1, -0.05) is 0 Å². The molecule has 2 rings (SSSR count). The van der Waals surface area contributed by atoms with Gasteiger partial charge in [0.1, 0.15) is 18.1 Å². The standard InChI is InChI=1S/C17H20O8/c1-9-15(23-10(2)19)14(21)16(24-11(3)20)17(22-9)25-13-6-4-12(8-18)5-7-13/h4-9,14-17,21H,1-3H3/t9-,14+,15+,16-,17-/m0/s1. The van der Waals surface area contributed by atoms with Crippen LogP contribution in [0.25, 0.3) is 0 Å². The van der Waals surface area contributed by atoms with E-state index in [2.05, 4.69) is 0 Å². The third-order valence-electron chi connectivity index (χ3n) is 3.63. The molecule has 1 N–H and O–H groups in total. The summed E-state index contributed by atoms with van der Waals surface area (Å²) in [5.74, 6) is -0.878. The summed E-state index contributed by atoms with van der Waals surface area (Å²) in [5, 5.41) is 10.5. The SMILES string of the molecule is CC(=O)O[C@@H]1[C@H](Oc2ccc(C=O)cc2)O[C@@H](C)[C@@H](OC(C)=O)[C@H]1O. The smallest absolute Gasteiger partial charge is 0.303 e. The van der Waals surface area contributed by atoms with E-state index in [-0.39, 0.29) is 0 Å². The lowest BCUT2D eigenvalue weighted by molar-refractivity contribution is -0.276. The first kappa shape index (κ1) is 18.9. The topological polar surface area (TPSA) is 108 Å². The Kier molecular flexibility index (Phi) is 6.11. The van der Waals surface area contributed by atoms with Crippen LogP contribution >= 0.6 is 0 Å². The van der Waals surface area contributed by atoms with E-state index in [1.54, 1.807) is 31.2 Å². The highest BCUT2D eigenvalue weighted by Gasteiger charge is 2.48. The molecule has 0 bridgehead atoms. The van der Waals surface area contributed by atoms with E-state index in [1.165, 1.54) is 13.8 Å². The van der Waals surface area contributed by atoms with Gasteiger partial charge in [-0.05, 0) is 31.2 Å². The molecule has 8 nitrogen and oxygen atoms in total. The average molecular weight is 352 g/mol. The molecule has 0 aromatic heterocycles. The van der Waals surface area contributed by atoms with E-state index in [0.29, 0.717) is 17.6 Å². The Morgan fingerprint density at radius 3 is 2.16 bits per heavy atom. The number of benzene rings is 1. The van der Waals surface area contributed by atoms with Gasteiger partial charge in [0.2, 0.25) is 6.29 Å². The van der Waals surface area contributed by atoms with Gasteiger partial charge in [0, 0.05) is 19.4 Å². The van der Waals surface area contributed by atoms with E-state index < -0.39 is 42.6 Å². The van der Waals surface area contributed by atoms with Crippen LogP contribution in [0.1, 0.15) is 31.1 Å². The molecule has 1 aliphatic rings. The minimum atomic E-state index is -1.32. The number of ether oxygens (including phenoxy) is 4. The number of carbonyl (C=O) groups excluding carboxylic acids is 3. The van der Waals surface area contributed by atoms with Crippen LogP contribution in [0.15, 0.2) is 24.3 Å². The molecule has 136 valence electrons. The van der Waals surface area contributed by atoms with Gasteiger partial charge in [0.05, 0.1) is 6.10 Å². The second-order valence-electron chi connectivity index (χ2n) is 5.65. The summed E-state index contributed by atoms with van der Waals surface area (Å²) in [6.07, 6.45) is -4.62. The van der Waals surface area contributed by atoms with Gasteiger partial charge in [0.15, 0.2) is 12.2 Å². The molecular weight excluding hydrogens is 332 g/mol. The van der Waals surface area contributed by atoms with E-state index >= 15 is 0 Å². The zero-order chi connectivity index (χ0) is 18.6. The summed E-state index contributed by atoms with van der Waals surface area (Å²) in [5.41, 5.74) is 0.469. The van der Waals surface area contributed by atoms with Gasteiger partial charge < -0.3 is 24.1 Å². The molecule has 1 aromatic rings. The second kappa shape index (κ2) is 8.09. The predicted molar refractivity (Wildman–Crippen MR) is 83.9 cm³/mol. The van der Waals surface area contributed by atoms with Crippen molar-refractivity contribution < 1.29 is 38.4 Å². The van der Waals surface area contributed by atoms with Gasteiger partial charge in [-0.25, -0.2) is 0 Å². The van der Waals surface area contributed by atoms with Crippen LogP contribution in [0, 0.1) is 0 Å². The van der Waals surface area contributed by atoms with Gasteiger partial charge >= 0.3 is 11.9 Å². The van der Waals surface area contributed by atoms with Gasteiger partial charge in [-0.3, -0.25) is 14.4 Å². The Hall–Kier alpha value is -2.45. The third kappa shape index (κ3) is 4.77. The number of esters is 2. The number of aliphatic hydroxyl groups is 1. The highest BCUT2D eigenvalue weighted by atomic mass is 16.7. The average Bonchev–Trinajstić information content (AvgIpc) is 2.55. The van der Waals surface area contributed by atoms with Crippen molar-refractivity contribution in [2.75, 3.05) is 0 Å². The van der Waals surface area contributed by atoms with Crippen molar-refractivity contribution in [3.63, 3.8) is 0 Å². The van der Waals surface area contributed by atoms with E-state index in [1.807, 2.05) is 0 Å². The van der Waals surface area contributed by atoms with Gasteiger partial charge in [-0.15, -0.1) is 0 Å². The monoisotopic (exact) mass is 352 g/mol. The molecule has 0 saturated carbocycles. The Balaban J connectivity index is 2.20. The maximum atomic E-state index is 11.4. The molecule has 1 aliphatic heterocycles. The van der Waals surface area contributed by atoms with Crippen LogP contribution in [0.5, 0.6) is 5.75 Å². The van der Waals surface area contributed by atoms with Crippen molar-refractivity contribution >= 4 is 18.2 Å². The second-order valence-corrected chi connectivity index (χ2v) is 5.65. The molecule has 1 aromatic carbocycles. The summed E-state index contributed by atoms with van der Waals surface area (Å²) >= 11 is 0. The van der Waals surface area contributed by atoms with Crippen molar-refractivity contribution in [1.29, 1.82) is 0 Å². The van der Waals surface area contributed by atoms with E-state index in [4.69, 9.17) is 18.9 Å². The zero-order valence-corrected chi connectivity index (χ0v) is 14.1. The Morgan fingerprint density at radius 2 is 1.64 bits per heavy atom. The lowest BCUT2D eigenvalue weighted by atomic mass is 9.99. The molecule has 8 heteroatoms. The fourth-order valence-electron chi connectivity index (χ4n) is 2.52. The predicted octanol–water partition coefficient (Wildman–Crippen LogP) is 0.847. The van der Waals surface area contributed by atoms with Crippen molar-refractivity contribution in [3.8, 4) is 5.75 Å². The first-order chi connectivity index (χ1) is 11.8. The van der Waals surface area contributed by atoms with Crippen molar-refractivity contribution in [2.24, 2.45) is 0 Å². The number of hydrogen-bond donors (Lipinski definition) is 1. The fourth-order valence-corrected chi connectivity index (χ4v) is 2.52. The highest BCUT2D eigenvalue weighted by Crippen LogP contribution is 2.28. The number of aldehydes is 1. The van der Waals surface area contributed by atoms with E-state index in [9.17, 15) is 19.5 Å². The largest absolute Gasteiger partial charge is 0.461 e. The van der Waals surface area contributed by atoms with Gasteiger partial charge in [0.25, 0.3) is 0 Å². The van der Waals surface area contributed by atoms with Crippen LogP contribution in [-0.4, -0.2) is 54.0 Å². The molecule has 0 radical (unpaired) electrons. The molecule has 5 atom stereocenters. The summed E-state index contributed by atoms with van der Waals surface area (Å²) < 4.78 is 21.4. The fraction of sp³-hybridized carbons (Fsp3) is 0.471. The summed E-state index contributed by atoms with van der Waals surface area (Å²) in [7, 11) is 0. The van der Waals surface area contributed by atoms with Crippen molar-refractivity contribution in [1.82, 2.24) is 0 Å². The molecule has 1 saturated heterocycles. The molecule has 1 fully saturated rings. The van der Waals surface area contributed by atoms with Crippen LogP contribution in [0.2, 0.25) is 0 Å². The molecule has 25 heavy (non-hydrogen) atoms. The molecule has 1 heterocycles. The number of carbonyl (C=O) groups is 3. The van der Waals surface area contributed by atoms with Crippen molar-refractivity contribution in [3.05, 3.63) is 29.8 Å². The summed E-state index contributed by atoms with van der Waals surface area (Å²) in [4.78, 5) is 33.3. The Bertz CT molecular complexity index is 626. The number of aliphatic hydroxyl groups excluding tert-OH is 1. The van der Waals surface area contributed by atoms with Crippen molar-refractivity contribution in [2.45, 2.75) is 51.5 Å². The first-order valence-corrected chi connectivity index (χ1v) is 7.71. The molecule has 0 amide bonds. The first-order valence-electron chi connectivity index (χ1n) is 7.71. The Labute approximate surface area is 144 Å². The minimum Gasteiger partial charge on any atom is -0.461 e. The number of hydrogen-bond acceptors (Lipinski definition) is 8. The Morgan fingerprint density at radius 1 is 1.08 bits per heavy atom. The van der Waals surface area contributed by atoms with Crippen LogP contribution in [0.4, 0.5) is 0 Å². The zero-order valence-electron chi connectivity index (χ0n) is 14.1. The molecule has 0 unspecified atom stereocenters. The summed E-state index contributed by atoms with van der Waals surface area (Å²) in [6, 6.07) is 6.20. The lowest BCUT2D eigenvalue weighted by Crippen LogP contribution is -2.60. The molecule has 0 spiro atoms. The van der Waals surface area contributed by atoms with E-state index in [0.717, 1.165) is 0 Å². The third-order valence-corrected chi connectivity index (χ3v) is 3.63. The molecule has 0 aliphatic carbocycles. The van der Waals surface area contributed by atoms with Crippen LogP contribution in [-0.2, 0) is 23.8 Å². The van der Waals surface area contributed by atoms with Crippen LogP contribution < -0.4 is 4.74 Å². The van der Waals surface area contributed by atoms with Crippen LogP contribution in [0.3, 0.4) is 0 Å². The minimum absolute atomic E-state index is 0.359. The number of rotatable bonds is 5. The highest BCUT2D eigenvalue weighted by molar-refractivity contribution is 5.74. The maximum Gasteiger partial charge on any atom is 0.303 e. The lowest BCUT2D eigenvalue weighted by Gasteiger charge is -2.41.